The number of hydrogen-bond donors (Lipinski definition) is 0. The van der Waals surface area contributed by atoms with Crippen molar-refractivity contribution in [1.29, 1.82) is 0 Å². The summed E-state index contributed by atoms with van der Waals surface area (Å²) in [6.45, 7) is 4.07. The van der Waals surface area contributed by atoms with Crippen molar-refractivity contribution in [3.05, 3.63) is 46.7 Å². The van der Waals surface area contributed by atoms with Crippen molar-refractivity contribution in [1.82, 2.24) is 0 Å². The van der Waals surface area contributed by atoms with Gasteiger partial charge >= 0.3 is 23.9 Å². The van der Waals surface area contributed by atoms with Crippen molar-refractivity contribution in [2.24, 2.45) is 0 Å². The molecule has 1 aromatic rings. The maximum absolute atomic E-state index is 13.4. The number of benzene rings is 1. The molecule has 1 aliphatic heterocycles. The van der Waals surface area contributed by atoms with E-state index in [9.17, 15) is 28.8 Å². The summed E-state index contributed by atoms with van der Waals surface area (Å²) in [5.74, 6) is -4.25. The van der Waals surface area contributed by atoms with Crippen LogP contribution in [-0.4, -0.2) is 79.7 Å². The molecule has 0 N–H and O–H groups in total. The van der Waals surface area contributed by atoms with Crippen LogP contribution in [0.4, 0.5) is 0 Å². The maximum Gasteiger partial charge on any atom is 0.303 e. The number of rotatable bonds is 8. The third-order valence-electron chi connectivity index (χ3n) is 5.87. The normalized spacial score (nSPS) is 24.7. The first-order valence-electron chi connectivity index (χ1n) is 11.7. The fourth-order valence-electron chi connectivity index (χ4n) is 4.49. The van der Waals surface area contributed by atoms with Gasteiger partial charge in [0, 0.05) is 50.8 Å². The molecule has 0 bridgehead atoms. The van der Waals surface area contributed by atoms with E-state index in [1.54, 1.807) is 12.1 Å². The topological polar surface area (TPSA) is 158 Å². The fraction of sp³-hybridized carbons (Fsp3) is 0.462. The Labute approximate surface area is 218 Å². The van der Waals surface area contributed by atoms with Crippen molar-refractivity contribution in [3.8, 4) is 0 Å². The molecule has 0 radical (unpaired) electrons. The van der Waals surface area contributed by atoms with Gasteiger partial charge < -0.3 is 28.4 Å². The van der Waals surface area contributed by atoms with Crippen LogP contribution in [0, 0.1) is 0 Å². The van der Waals surface area contributed by atoms with E-state index >= 15 is 0 Å². The van der Waals surface area contributed by atoms with Gasteiger partial charge in [-0.1, -0.05) is 24.3 Å². The van der Waals surface area contributed by atoms with E-state index in [1.807, 2.05) is 0 Å². The minimum Gasteiger partial charge on any atom is -0.492 e. The number of ether oxygens (including phenoxy) is 6. The zero-order valence-electron chi connectivity index (χ0n) is 21.5. The van der Waals surface area contributed by atoms with Crippen LogP contribution in [0.25, 0.3) is 0 Å². The third kappa shape index (κ3) is 6.25. The van der Waals surface area contributed by atoms with E-state index in [4.69, 9.17) is 28.4 Å². The molecular formula is C26H28O12. The highest BCUT2D eigenvalue weighted by molar-refractivity contribution is 6.26. The second-order valence-corrected chi connectivity index (χ2v) is 8.66. The molecule has 1 heterocycles. The Morgan fingerprint density at radius 1 is 0.737 bits per heavy atom. The highest BCUT2D eigenvalue weighted by Crippen LogP contribution is 2.36. The van der Waals surface area contributed by atoms with Gasteiger partial charge in [-0.25, -0.2) is 0 Å². The van der Waals surface area contributed by atoms with Crippen LogP contribution < -0.4 is 0 Å². The molecule has 5 atom stereocenters. The van der Waals surface area contributed by atoms with E-state index in [1.165, 1.54) is 19.2 Å². The number of fused-ring (bicyclic) bond motifs is 1. The Hall–Kier alpha value is -4.06. The van der Waals surface area contributed by atoms with E-state index < -0.39 is 72.6 Å². The van der Waals surface area contributed by atoms with Crippen LogP contribution >= 0.6 is 0 Å². The van der Waals surface area contributed by atoms with Gasteiger partial charge in [0.1, 0.15) is 18.8 Å². The zero-order valence-corrected chi connectivity index (χ0v) is 21.5. The number of hydrogen-bond acceptors (Lipinski definition) is 12. The van der Waals surface area contributed by atoms with Crippen molar-refractivity contribution in [2.75, 3.05) is 13.7 Å². The Bertz CT molecular complexity index is 1180. The van der Waals surface area contributed by atoms with Gasteiger partial charge in [0.15, 0.2) is 29.9 Å². The highest BCUT2D eigenvalue weighted by atomic mass is 16.7. The summed E-state index contributed by atoms with van der Waals surface area (Å²) in [5.41, 5.74) is 0.260. The molecule has 2 aliphatic rings. The first-order chi connectivity index (χ1) is 17.9. The first kappa shape index (κ1) is 28.5. The number of allylic oxidation sites excluding steroid dienone is 1. The lowest BCUT2D eigenvalue weighted by atomic mass is 9.83. The lowest BCUT2D eigenvalue weighted by Crippen LogP contribution is -2.62. The predicted molar refractivity (Wildman–Crippen MR) is 126 cm³/mol. The smallest absolute Gasteiger partial charge is 0.303 e. The number of carbonyl (C=O) groups is 6. The number of carbonyl (C=O) groups excluding carboxylic acids is 6. The van der Waals surface area contributed by atoms with Crippen molar-refractivity contribution >= 4 is 35.4 Å². The summed E-state index contributed by atoms with van der Waals surface area (Å²) < 4.78 is 32.6. The van der Waals surface area contributed by atoms with Crippen molar-refractivity contribution in [3.63, 3.8) is 0 Å². The molecule has 12 heteroatoms. The predicted octanol–water partition coefficient (Wildman–Crippen LogP) is 1.48. The molecule has 1 unspecified atom stereocenters. The van der Waals surface area contributed by atoms with Crippen LogP contribution in [0.2, 0.25) is 0 Å². The quantitative estimate of drug-likeness (QED) is 0.351. The minimum atomic E-state index is -1.40. The molecule has 3 rings (SSSR count). The summed E-state index contributed by atoms with van der Waals surface area (Å²) in [6.07, 6.45) is -6.82. The molecule has 12 nitrogen and oxygen atoms in total. The molecule has 1 aliphatic carbocycles. The van der Waals surface area contributed by atoms with Gasteiger partial charge in [0.2, 0.25) is 5.78 Å². The third-order valence-corrected chi connectivity index (χ3v) is 5.87. The summed E-state index contributed by atoms with van der Waals surface area (Å²) in [4.78, 5) is 74.0. The van der Waals surface area contributed by atoms with E-state index in [2.05, 4.69) is 0 Å². The SMILES string of the molecule is COC1=C(CC2O[C@H](COC(C)=O)[C@@H](OC(C)=O)[C@H](OC(C)=O)[C@H]2OC(C)=O)C(=O)c2ccccc2C1=O. The van der Waals surface area contributed by atoms with E-state index in [-0.39, 0.29) is 28.9 Å². The Kier molecular flexibility index (Phi) is 9.00. The molecule has 0 aromatic heterocycles. The average molecular weight is 532 g/mol. The molecule has 204 valence electrons. The van der Waals surface area contributed by atoms with Gasteiger partial charge in [-0.3, -0.25) is 28.8 Å². The molecule has 38 heavy (non-hydrogen) atoms. The summed E-state index contributed by atoms with van der Waals surface area (Å²) in [7, 11) is 1.24. The molecule has 0 spiro atoms. The Morgan fingerprint density at radius 2 is 1.24 bits per heavy atom. The molecule has 1 fully saturated rings. The minimum absolute atomic E-state index is 0.0582. The first-order valence-corrected chi connectivity index (χ1v) is 11.7. The van der Waals surface area contributed by atoms with Crippen LogP contribution in [0.3, 0.4) is 0 Å². The molecule has 0 saturated carbocycles. The second kappa shape index (κ2) is 12.0. The van der Waals surface area contributed by atoms with Crippen molar-refractivity contribution in [2.45, 2.75) is 64.6 Å². The lowest BCUT2D eigenvalue weighted by molar-refractivity contribution is -0.252. The van der Waals surface area contributed by atoms with Crippen molar-refractivity contribution < 1.29 is 57.2 Å². The molecule has 1 saturated heterocycles. The largest absolute Gasteiger partial charge is 0.492 e. The maximum atomic E-state index is 13.4. The molecular weight excluding hydrogens is 504 g/mol. The zero-order chi connectivity index (χ0) is 28.1. The van der Waals surface area contributed by atoms with Gasteiger partial charge in [-0.05, 0) is 0 Å². The summed E-state index contributed by atoms with van der Waals surface area (Å²) >= 11 is 0. The van der Waals surface area contributed by atoms with Crippen LogP contribution in [-0.2, 0) is 47.6 Å². The van der Waals surface area contributed by atoms with Crippen LogP contribution in [0.1, 0.15) is 54.8 Å². The number of Topliss-reactive ketones (excluding diaryl/α,β-unsaturated/α-hetero) is 2. The van der Waals surface area contributed by atoms with Gasteiger partial charge in [-0.15, -0.1) is 0 Å². The van der Waals surface area contributed by atoms with E-state index in [0.717, 1.165) is 27.7 Å². The van der Waals surface area contributed by atoms with Gasteiger partial charge in [0.25, 0.3) is 0 Å². The summed E-state index contributed by atoms with van der Waals surface area (Å²) in [5, 5.41) is 0. The highest BCUT2D eigenvalue weighted by Gasteiger charge is 2.53. The van der Waals surface area contributed by atoms with Crippen LogP contribution in [0.5, 0.6) is 0 Å². The molecule has 0 amide bonds. The fourth-order valence-corrected chi connectivity index (χ4v) is 4.49. The van der Waals surface area contributed by atoms with Gasteiger partial charge in [-0.2, -0.15) is 0 Å². The number of ketones is 2. The standard InChI is InChI=1S/C26H28O12/c1-12(27)34-11-20-25(36-14(3)29)26(37-15(4)30)24(35-13(2)28)19(38-20)10-18-21(31)16-8-6-7-9-17(16)22(32)23(18)33-5/h6-9,19-20,24-26H,10-11H2,1-5H3/t19?,20-,24+,25-,26-/m1/s1. The Morgan fingerprint density at radius 3 is 1.74 bits per heavy atom. The second-order valence-electron chi connectivity index (χ2n) is 8.66. The lowest BCUT2D eigenvalue weighted by Gasteiger charge is -2.44. The molecule has 1 aromatic carbocycles. The monoisotopic (exact) mass is 532 g/mol. The number of methoxy groups -OCH3 is 1. The number of esters is 4. The van der Waals surface area contributed by atoms with E-state index in [0.29, 0.717) is 0 Å². The Balaban J connectivity index is 2.09. The summed E-state index contributed by atoms with van der Waals surface area (Å²) in [6, 6.07) is 6.21. The van der Waals surface area contributed by atoms with Crippen LogP contribution in [0.15, 0.2) is 35.6 Å². The van der Waals surface area contributed by atoms with Gasteiger partial charge in [0.05, 0.1) is 7.11 Å². The average Bonchev–Trinajstić information content (AvgIpc) is 2.84.